The fraction of sp³-hybridized carbons (Fsp3) is 0.400. The molecule has 0 saturated carbocycles. The number of aromatic nitrogens is 2. The summed E-state index contributed by atoms with van der Waals surface area (Å²) in [7, 11) is 0. The Morgan fingerprint density at radius 2 is 2.36 bits per heavy atom. The first-order valence-corrected chi connectivity index (χ1v) is 4.73. The molecule has 0 radical (unpaired) electrons. The zero-order chi connectivity index (χ0) is 10.4. The van der Waals surface area contributed by atoms with Gasteiger partial charge in [0.25, 0.3) is 0 Å². The van der Waals surface area contributed by atoms with Gasteiger partial charge in [-0.1, -0.05) is 24.4 Å². The van der Waals surface area contributed by atoms with Crippen molar-refractivity contribution in [2.24, 2.45) is 0 Å². The summed E-state index contributed by atoms with van der Waals surface area (Å²) in [6, 6.07) is 1.55. The molecule has 1 aromatic heterocycles. The molecule has 1 aromatic rings. The van der Waals surface area contributed by atoms with Gasteiger partial charge in [-0.15, -0.1) is 6.42 Å². The van der Waals surface area contributed by atoms with Crippen LogP contribution in [0.5, 0.6) is 5.88 Å². The van der Waals surface area contributed by atoms with Crippen LogP contribution in [0.1, 0.15) is 19.2 Å². The highest BCUT2D eigenvalue weighted by Crippen LogP contribution is 2.14. The number of nitrogens with zero attached hydrogens (tertiary/aromatic N) is 2. The van der Waals surface area contributed by atoms with E-state index in [0.717, 1.165) is 12.8 Å². The van der Waals surface area contributed by atoms with Crippen LogP contribution in [0.25, 0.3) is 0 Å². The third kappa shape index (κ3) is 3.23. The molecule has 14 heavy (non-hydrogen) atoms. The summed E-state index contributed by atoms with van der Waals surface area (Å²) in [6.07, 6.45) is 6.81. The maximum atomic E-state index is 5.78. The van der Waals surface area contributed by atoms with E-state index in [2.05, 4.69) is 15.9 Å². The van der Waals surface area contributed by atoms with E-state index in [0.29, 0.717) is 16.9 Å². The maximum absolute atomic E-state index is 5.78. The smallest absolute Gasteiger partial charge is 0.219 e. The summed E-state index contributed by atoms with van der Waals surface area (Å²) in [5.41, 5.74) is 0. The van der Waals surface area contributed by atoms with Crippen LogP contribution in [0.2, 0.25) is 5.15 Å². The molecule has 3 nitrogen and oxygen atoms in total. The van der Waals surface area contributed by atoms with Crippen molar-refractivity contribution in [2.45, 2.75) is 19.8 Å². The van der Waals surface area contributed by atoms with Gasteiger partial charge in [-0.3, -0.25) is 0 Å². The molecule has 0 N–H and O–H groups in total. The fourth-order valence-electron chi connectivity index (χ4n) is 0.967. The molecule has 0 amide bonds. The van der Waals surface area contributed by atoms with Crippen LogP contribution in [-0.4, -0.2) is 16.6 Å². The number of ether oxygens (including phenoxy) is 1. The monoisotopic (exact) mass is 210 g/mol. The minimum atomic E-state index is 0.193. The Hall–Kier alpha value is -1.27. The van der Waals surface area contributed by atoms with Gasteiger partial charge in [0.1, 0.15) is 11.0 Å². The Morgan fingerprint density at radius 1 is 1.57 bits per heavy atom. The summed E-state index contributed by atoms with van der Waals surface area (Å²) >= 11 is 5.78. The summed E-state index contributed by atoms with van der Waals surface area (Å²) in [6.45, 7) is 2.24. The molecule has 0 fully saturated rings. The van der Waals surface area contributed by atoms with E-state index in [1.807, 2.05) is 6.92 Å². The Balaban J connectivity index is 2.79. The second-order valence-corrected chi connectivity index (χ2v) is 3.08. The van der Waals surface area contributed by atoms with E-state index in [9.17, 15) is 0 Å². The van der Waals surface area contributed by atoms with Crippen molar-refractivity contribution < 1.29 is 4.74 Å². The number of hydrogen-bond donors (Lipinski definition) is 0. The van der Waals surface area contributed by atoms with Crippen molar-refractivity contribution in [1.29, 1.82) is 0 Å². The highest BCUT2D eigenvalue weighted by atomic mass is 35.5. The molecule has 0 saturated heterocycles. The van der Waals surface area contributed by atoms with Gasteiger partial charge in [-0.05, 0) is 6.42 Å². The lowest BCUT2D eigenvalue weighted by Gasteiger charge is -2.03. The van der Waals surface area contributed by atoms with E-state index in [4.69, 9.17) is 22.8 Å². The molecule has 0 bridgehead atoms. The second-order valence-electron chi connectivity index (χ2n) is 2.69. The minimum Gasteiger partial charge on any atom is -0.464 e. The Morgan fingerprint density at radius 3 is 3.00 bits per heavy atom. The van der Waals surface area contributed by atoms with Crippen molar-refractivity contribution in [3.8, 4) is 18.2 Å². The van der Waals surface area contributed by atoms with Crippen LogP contribution in [0.15, 0.2) is 6.07 Å². The molecule has 74 valence electrons. The third-order valence-corrected chi connectivity index (χ3v) is 1.69. The van der Waals surface area contributed by atoms with Gasteiger partial charge < -0.3 is 4.74 Å². The molecule has 1 rings (SSSR count). The topological polar surface area (TPSA) is 35.0 Å². The molecule has 0 aliphatic rings. The van der Waals surface area contributed by atoms with Gasteiger partial charge in [-0.25, -0.2) is 4.98 Å². The van der Waals surface area contributed by atoms with Crippen LogP contribution in [0, 0.1) is 12.3 Å². The van der Waals surface area contributed by atoms with Crippen LogP contribution in [-0.2, 0) is 6.42 Å². The van der Waals surface area contributed by atoms with Gasteiger partial charge in [0, 0.05) is 12.5 Å². The van der Waals surface area contributed by atoms with Gasteiger partial charge in [0.2, 0.25) is 5.88 Å². The molecule has 0 aliphatic carbocycles. The van der Waals surface area contributed by atoms with Crippen LogP contribution in [0.3, 0.4) is 0 Å². The van der Waals surface area contributed by atoms with Crippen LogP contribution in [0.4, 0.5) is 0 Å². The minimum absolute atomic E-state index is 0.193. The second kappa shape index (κ2) is 5.46. The molecular formula is C10H11ClN2O. The lowest BCUT2D eigenvalue weighted by Crippen LogP contribution is -2.01. The number of aryl methyl sites for hydroxylation is 1. The number of halogens is 1. The first kappa shape index (κ1) is 10.8. The van der Waals surface area contributed by atoms with Crippen molar-refractivity contribution in [1.82, 2.24) is 9.97 Å². The molecule has 0 atom stereocenters. The van der Waals surface area contributed by atoms with Crippen LogP contribution >= 0.6 is 11.6 Å². The first-order chi connectivity index (χ1) is 6.76. The fourth-order valence-corrected chi connectivity index (χ4v) is 1.16. The SMILES string of the molecule is C#CCOc1cc(Cl)nc(CCC)n1. The standard InChI is InChI=1S/C10H11ClN2O/c1-3-5-9-12-8(11)7-10(13-9)14-6-4-2/h2,7H,3,5-6H2,1H3. The highest BCUT2D eigenvalue weighted by Gasteiger charge is 2.02. The zero-order valence-electron chi connectivity index (χ0n) is 7.96. The lowest BCUT2D eigenvalue weighted by atomic mass is 10.3. The molecule has 0 aromatic carbocycles. The number of rotatable bonds is 4. The summed E-state index contributed by atoms with van der Waals surface area (Å²) < 4.78 is 5.15. The van der Waals surface area contributed by atoms with Gasteiger partial charge in [-0.2, -0.15) is 4.98 Å². The van der Waals surface area contributed by atoms with Crippen molar-refractivity contribution >= 4 is 11.6 Å². The summed E-state index contributed by atoms with van der Waals surface area (Å²) in [4.78, 5) is 8.20. The highest BCUT2D eigenvalue weighted by molar-refractivity contribution is 6.29. The predicted molar refractivity (Wildman–Crippen MR) is 55.4 cm³/mol. The third-order valence-electron chi connectivity index (χ3n) is 1.49. The van der Waals surface area contributed by atoms with E-state index in [-0.39, 0.29) is 6.61 Å². The molecule has 0 spiro atoms. The Bertz CT molecular complexity index is 346. The zero-order valence-corrected chi connectivity index (χ0v) is 8.71. The van der Waals surface area contributed by atoms with Gasteiger partial charge in [0.05, 0.1) is 0 Å². The molecule has 1 heterocycles. The molecule has 4 heteroatoms. The lowest BCUT2D eigenvalue weighted by molar-refractivity contribution is 0.353. The van der Waals surface area contributed by atoms with Gasteiger partial charge in [0.15, 0.2) is 6.61 Å². The summed E-state index contributed by atoms with van der Waals surface area (Å²) in [5.74, 6) is 3.48. The van der Waals surface area contributed by atoms with Crippen molar-refractivity contribution in [3.05, 3.63) is 17.0 Å². The average molecular weight is 211 g/mol. The normalized spacial score (nSPS) is 9.50. The molecular weight excluding hydrogens is 200 g/mol. The molecule has 0 unspecified atom stereocenters. The predicted octanol–water partition coefficient (Wildman–Crippen LogP) is 2.09. The van der Waals surface area contributed by atoms with Crippen molar-refractivity contribution in [3.63, 3.8) is 0 Å². The number of hydrogen-bond acceptors (Lipinski definition) is 3. The Kier molecular flexibility index (Phi) is 4.21. The molecule has 0 aliphatic heterocycles. The quantitative estimate of drug-likeness (QED) is 0.564. The van der Waals surface area contributed by atoms with Crippen molar-refractivity contribution in [2.75, 3.05) is 6.61 Å². The van der Waals surface area contributed by atoms with E-state index in [1.165, 1.54) is 0 Å². The largest absolute Gasteiger partial charge is 0.464 e. The summed E-state index contributed by atoms with van der Waals surface area (Å²) in [5, 5.41) is 0.385. The maximum Gasteiger partial charge on any atom is 0.219 e. The average Bonchev–Trinajstić information content (AvgIpc) is 2.14. The number of terminal acetylenes is 1. The van der Waals surface area contributed by atoms with Crippen LogP contribution < -0.4 is 4.74 Å². The Labute approximate surface area is 88.5 Å². The van der Waals surface area contributed by atoms with E-state index < -0.39 is 0 Å². The van der Waals surface area contributed by atoms with E-state index >= 15 is 0 Å². The van der Waals surface area contributed by atoms with E-state index in [1.54, 1.807) is 6.07 Å². The first-order valence-electron chi connectivity index (χ1n) is 4.36. The van der Waals surface area contributed by atoms with Gasteiger partial charge >= 0.3 is 0 Å².